The fraction of sp³-hybridized carbons (Fsp3) is 0.455. The first-order chi connectivity index (χ1) is 13.7. The van der Waals surface area contributed by atoms with Gasteiger partial charge in [-0.15, -0.1) is 0 Å². The van der Waals surface area contributed by atoms with Crippen LogP contribution in [0.2, 0.25) is 0 Å². The second-order valence-corrected chi connectivity index (χ2v) is 7.01. The van der Waals surface area contributed by atoms with Crippen molar-refractivity contribution in [2.45, 2.75) is 25.8 Å². The van der Waals surface area contributed by atoms with Gasteiger partial charge in [0, 0.05) is 29.7 Å². The van der Waals surface area contributed by atoms with Crippen LogP contribution >= 0.6 is 0 Å². The topological polar surface area (TPSA) is 62.6 Å². The predicted octanol–water partition coefficient (Wildman–Crippen LogP) is 2.27. The maximum Gasteiger partial charge on any atom is 0.351 e. The minimum atomic E-state index is -0.252. The summed E-state index contributed by atoms with van der Waals surface area (Å²) >= 11 is 0. The standard InChI is InChI=1S/C18H16N2O2.C4H8O2/c1-22-17-11-16-15-7-6-13(5-4-12-2-3-12)10-14(15)8-9-20(16)18(21)19-17;1-2-6-4-3-5-1/h6-7,10-12H,2-3,8-9H2,1H3;1-4H2. The Bertz CT molecular complexity index is 951. The molecule has 146 valence electrons. The molecule has 28 heavy (non-hydrogen) atoms. The Labute approximate surface area is 164 Å². The van der Waals surface area contributed by atoms with E-state index in [9.17, 15) is 4.79 Å². The summed E-state index contributed by atoms with van der Waals surface area (Å²) in [7, 11) is 1.53. The van der Waals surface area contributed by atoms with Crippen LogP contribution in [-0.2, 0) is 22.4 Å². The normalized spacial score (nSPS) is 17.2. The lowest BCUT2D eigenvalue weighted by atomic mass is 9.95. The lowest BCUT2D eigenvalue weighted by Crippen LogP contribution is -2.28. The molecule has 0 N–H and O–H groups in total. The molecular weight excluding hydrogens is 356 g/mol. The van der Waals surface area contributed by atoms with Gasteiger partial charge in [0.2, 0.25) is 5.88 Å². The maximum absolute atomic E-state index is 12.1. The van der Waals surface area contributed by atoms with Gasteiger partial charge in [-0.25, -0.2) is 4.79 Å². The van der Waals surface area contributed by atoms with E-state index < -0.39 is 0 Å². The second kappa shape index (κ2) is 8.59. The van der Waals surface area contributed by atoms with Gasteiger partial charge in [0.25, 0.3) is 0 Å². The summed E-state index contributed by atoms with van der Waals surface area (Å²) < 4.78 is 16.7. The van der Waals surface area contributed by atoms with Gasteiger partial charge in [0.1, 0.15) is 0 Å². The summed E-state index contributed by atoms with van der Waals surface area (Å²) in [6.45, 7) is 3.76. The highest BCUT2D eigenvalue weighted by molar-refractivity contribution is 5.67. The Morgan fingerprint density at radius 2 is 1.89 bits per heavy atom. The number of ether oxygens (including phenoxy) is 3. The van der Waals surface area contributed by atoms with Gasteiger partial charge in [0.05, 0.1) is 39.2 Å². The molecule has 2 fully saturated rings. The van der Waals surface area contributed by atoms with Crippen LogP contribution in [0.15, 0.2) is 29.1 Å². The van der Waals surface area contributed by atoms with Gasteiger partial charge in [0.15, 0.2) is 0 Å². The largest absolute Gasteiger partial charge is 0.481 e. The van der Waals surface area contributed by atoms with Crippen molar-refractivity contribution >= 4 is 0 Å². The summed E-state index contributed by atoms with van der Waals surface area (Å²) in [6.07, 6.45) is 3.30. The van der Waals surface area contributed by atoms with Gasteiger partial charge in [-0.1, -0.05) is 17.9 Å². The highest BCUT2D eigenvalue weighted by Gasteiger charge is 2.20. The summed E-state index contributed by atoms with van der Waals surface area (Å²) in [5, 5.41) is 0. The highest BCUT2D eigenvalue weighted by Crippen LogP contribution is 2.31. The number of hydrogen-bond donors (Lipinski definition) is 0. The number of methoxy groups -OCH3 is 1. The van der Waals surface area contributed by atoms with Crippen LogP contribution in [0, 0.1) is 17.8 Å². The van der Waals surface area contributed by atoms with Crippen molar-refractivity contribution < 1.29 is 14.2 Å². The van der Waals surface area contributed by atoms with Crippen molar-refractivity contribution in [1.29, 1.82) is 0 Å². The van der Waals surface area contributed by atoms with Crippen molar-refractivity contribution in [2.75, 3.05) is 33.5 Å². The number of nitrogens with zero attached hydrogens (tertiary/aromatic N) is 2. The van der Waals surface area contributed by atoms with E-state index in [4.69, 9.17) is 14.2 Å². The number of benzene rings is 1. The first-order valence-electron chi connectivity index (χ1n) is 9.71. The molecule has 6 nitrogen and oxygen atoms in total. The van der Waals surface area contributed by atoms with Crippen LogP contribution in [0.4, 0.5) is 0 Å². The molecule has 2 aliphatic heterocycles. The van der Waals surface area contributed by atoms with E-state index in [0.29, 0.717) is 18.3 Å². The Kier molecular flexibility index (Phi) is 5.75. The van der Waals surface area contributed by atoms with Crippen molar-refractivity contribution in [3.05, 3.63) is 45.9 Å². The Balaban J connectivity index is 0.000000275. The number of fused-ring (bicyclic) bond motifs is 3. The minimum absolute atomic E-state index is 0.252. The lowest BCUT2D eigenvalue weighted by Gasteiger charge is -2.21. The SMILES string of the molecule is C1COCCO1.COc1cc2n(c(=O)n1)CCc1cc(C#CC3CC3)ccc1-2. The van der Waals surface area contributed by atoms with Crippen molar-refractivity contribution in [1.82, 2.24) is 9.55 Å². The molecule has 1 aliphatic carbocycles. The van der Waals surface area contributed by atoms with Crippen LogP contribution in [0.25, 0.3) is 11.3 Å². The molecule has 0 radical (unpaired) electrons. The van der Waals surface area contributed by atoms with Gasteiger partial charge in [-0.05, 0) is 37.0 Å². The van der Waals surface area contributed by atoms with Gasteiger partial charge >= 0.3 is 5.69 Å². The summed E-state index contributed by atoms with van der Waals surface area (Å²) in [4.78, 5) is 16.0. The fourth-order valence-electron chi connectivity index (χ4n) is 3.24. The monoisotopic (exact) mass is 380 g/mol. The minimum Gasteiger partial charge on any atom is -0.481 e. The van der Waals surface area contributed by atoms with Crippen LogP contribution in [-0.4, -0.2) is 43.1 Å². The third-order valence-electron chi connectivity index (χ3n) is 4.92. The average Bonchev–Trinajstić information content (AvgIpc) is 3.58. The zero-order chi connectivity index (χ0) is 19.3. The Morgan fingerprint density at radius 3 is 2.54 bits per heavy atom. The van der Waals surface area contributed by atoms with E-state index in [1.54, 1.807) is 4.57 Å². The van der Waals surface area contributed by atoms with Crippen molar-refractivity contribution in [2.24, 2.45) is 5.92 Å². The molecule has 0 spiro atoms. The van der Waals surface area contributed by atoms with E-state index in [2.05, 4.69) is 29.0 Å². The molecule has 2 aromatic rings. The van der Waals surface area contributed by atoms with Crippen molar-refractivity contribution in [3.63, 3.8) is 0 Å². The number of rotatable bonds is 1. The van der Waals surface area contributed by atoms with Gasteiger partial charge in [-0.3, -0.25) is 4.57 Å². The summed E-state index contributed by atoms with van der Waals surface area (Å²) in [5.74, 6) is 7.52. The first kappa shape index (κ1) is 18.7. The molecule has 1 saturated carbocycles. The predicted molar refractivity (Wildman–Crippen MR) is 105 cm³/mol. The zero-order valence-electron chi connectivity index (χ0n) is 16.1. The van der Waals surface area contributed by atoms with E-state index in [-0.39, 0.29) is 5.69 Å². The third kappa shape index (κ3) is 4.44. The van der Waals surface area contributed by atoms with Crippen LogP contribution < -0.4 is 10.4 Å². The number of aromatic nitrogens is 2. The third-order valence-corrected chi connectivity index (χ3v) is 4.92. The molecule has 0 atom stereocenters. The average molecular weight is 380 g/mol. The van der Waals surface area contributed by atoms with E-state index in [1.807, 2.05) is 12.1 Å². The molecule has 0 amide bonds. The van der Waals surface area contributed by atoms with Crippen LogP contribution in [0.1, 0.15) is 24.0 Å². The molecule has 3 heterocycles. The Morgan fingerprint density at radius 1 is 1.14 bits per heavy atom. The smallest absolute Gasteiger partial charge is 0.351 e. The van der Waals surface area contributed by atoms with Crippen LogP contribution in [0.3, 0.4) is 0 Å². The highest BCUT2D eigenvalue weighted by atomic mass is 16.6. The van der Waals surface area contributed by atoms with Crippen LogP contribution in [0.5, 0.6) is 5.88 Å². The Hall–Kier alpha value is -2.62. The van der Waals surface area contributed by atoms with Gasteiger partial charge < -0.3 is 14.2 Å². The molecule has 1 aromatic carbocycles. The number of aryl methyl sites for hydroxylation is 1. The molecule has 0 unspecified atom stereocenters. The van der Waals surface area contributed by atoms with E-state index in [1.165, 1.54) is 25.5 Å². The molecule has 6 heteroatoms. The molecule has 0 bridgehead atoms. The van der Waals surface area contributed by atoms with Gasteiger partial charge in [-0.2, -0.15) is 4.98 Å². The van der Waals surface area contributed by atoms with E-state index in [0.717, 1.165) is 49.7 Å². The quantitative estimate of drug-likeness (QED) is 0.711. The molecular formula is C22H24N2O4. The molecule has 3 aliphatic rings. The van der Waals surface area contributed by atoms with Crippen molar-refractivity contribution in [3.8, 4) is 29.0 Å². The van der Waals surface area contributed by atoms with E-state index >= 15 is 0 Å². The zero-order valence-corrected chi connectivity index (χ0v) is 16.1. The maximum atomic E-state index is 12.1. The number of hydrogen-bond acceptors (Lipinski definition) is 5. The molecule has 5 rings (SSSR count). The molecule has 1 saturated heterocycles. The lowest BCUT2D eigenvalue weighted by molar-refractivity contribution is -0.0334. The fourth-order valence-corrected chi connectivity index (χ4v) is 3.24. The summed E-state index contributed by atoms with van der Waals surface area (Å²) in [5.41, 5.74) is 3.98. The first-order valence-corrected chi connectivity index (χ1v) is 9.71. The molecule has 1 aromatic heterocycles. The second-order valence-electron chi connectivity index (χ2n) is 7.01. The summed E-state index contributed by atoms with van der Waals surface area (Å²) in [6, 6.07) is 8.05.